The van der Waals surface area contributed by atoms with Crippen molar-refractivity contribution in [3.05, 3.63) is 34.5 Å². The van der Waals surface area contributed by atoms with Gasteiger partial charge < -0.3 is 0 Å². The monoisotopic (exact) mass is 230 g/mol. The molecule has 0 radical (unpaired) electrons. The molecule has 0 spiro atoms. The summed E-state index contributed by atoms with van der Waals surface area (Å²) >= 11 is 0. The van der Waals surface area contributed by atoms with Gasteiger partial charge in [0.1, 0.15) is 5.82 Å². The molecule has 0 atom stereocenters. The largest absolute Gasteiger partial charge is 0.238 e. The van der Waals surface area contributed by atoms with Crippen LogP contribution >= 0.6 is 0 Å². The number of aromatic nitrogens is 4. The van der Waals surface area contributed by atoms with Crippen LogP contribution in [0.5, 0.6) is 0 Å². The summed E-state index contributed by atoms with van der Waals surface area (Å²) in [6, 6.07) is 1.96. The lowest BCUT2D eigenvalue weighted by molar-refractivity contribution is 0.787. The van der Waals surface area contributed by atoms with Crippen molar-refractivity contribution in [1.82, 2.24) is 19.7 Å². The summed E-state index contributed by atoms with van der Waals surface area (Å²) in [5.74, 6) is 1.64. The van der Waals surface area contributed by atoms with Crippen LogP contribution in [0.3, 0.4) is 0 Å². The zero-order valence-electron chi connectivity index (χ0n) is 11.1. The highest BCUT2D eigenvalue weighted by molar-refractivity contribution is 5.33. The van der Waals surface area contributed by atoms with Crippen LogP contribution in [0.25, 0.3) is 5.82 Å². The van der Waals surface area contributed by atoms with Crippen LogP contribution in [0.4, 0.5) is 0 Å². The smallest absolute Gasteiger partial charge is 0.157 e. The molecule has 4 heteroatoms. The molecular formula is C13H18N4. The van der Waals surface area contributed by atoms with Crippen LogP contribution in [0.1, 0.15) is 35.4 Å². The van der Waals surface area contributed by atoms with Crippen molar-refractivity contribution >= 4 is 0 Å². The summed E-state index contributed by atoms with van der Waals surface area (Å²) in [6.45, 7) is 10.2. The van der Waals surface area contributed by atoms with Crippen LogP contribution in [0, 0.1) is 27.7 Å². The SMILES string of the molecule is CCc1c(C)nn(-c2cc(C)nc(C)n2)c1C. The Morgan fingerprint density at radius 2 is 1.82 bits per heavy atom. The van der Waals surface area contributed by atoms with Gasteiger partial charge in [-0.3, -0.25) is 0 Å². The third-order valence-electron chi connectivity index (χ3n) is 2.96. The summed E-state index contributed by atoms with van der Waals surface area (Å²) in [6.07, 6.45) is 1.00. The van der Waals surface area contributed by atoms with Crippen molar-refractivity contribution < 1.29 is 0 Å². The number of rotatable bonds is 2. The normalized spacial score (nSPS) is 10.9. The Hall–Kier alpha value is -1.71. The molecule has 17 heavy (non-hydrogen) atoms. The van der Waals surface area contributed by atoms with E-state index in [2.05, 4.69) is 28.9 Å². The van der Waals surface area contributed by atoms with Gasteiger partial charge >= 0.3 is 0 Å². The first-order chi connectivity index (χ1) is 8.02. The van der Waals surface area contributed by atoms with E-state index in [0.29, 0.717) is 0 Å². The number of hydrogen-bond donors (Lipinski definition) is 0. The topological polar surface area (TPSA) is 43.6 Å². The minimum Gasteiger partial charge on any atom is -0.238 e. The van der Waals surface area contributed by atoms with Crippen molar-refractivity contribution in [2.24, 2.45) is 0 Å². The van der Waals surface area contributed by atoms with Gasteiger partial charge in [0.05, 0.1) is 5.69 Å². The van der Waals surface area contributed by atoms with Gasteiger partial charge in [-0.25, -0.2) is 14.6 Å². The third kappa shape index (κ3) is 2.07. The molecule has 90 valence electrons. The predicted octanol–water partition coefficient (Wildman–Crippen LogP) is 2.46. The van der Waals surface area contributed by atoms with Crippen LogP contribution in [0.2, 0.25) is 0 Å². The predicted molar refractivity (Wildman–Crippen MR) is 67.5 cm³/mol. The van der Waals surface area contributed by atoms with E-state index in [0.717, 1.165) is 29.5 Å². The molecule has 0 aliphatic carbocycles. The number of aryl methyl sites for hydroxylation is 3. The Kier molecular flexibility index (Phi) is 2.96. The highest BCUT2D eigenvalue weighted by Gasteiger charge is 2.12. The lowest BCUT2D eigenvalue weighted by Gasteiger charge is -2.05. The second-order valence-electron chi connectivity index (χ2n) is 4.33. The molecular weight excluding hydrogens is 212 g/mol. The van der Waals surface area contributed by atoms with E-state index in [1.165, 1.54) is 11.3 Å². The summed E-state index contributed by atoms with van der Waals surface area (Å²) in [5.41, 5.74) is 4.53. The van der Waals surface area contributed by atoms with E-state index < -0.39 is 0 Å². The molecule has 0 aliphatic rings. The molecule has 2 heterocycles. The first-order valence-electron chi connectivity index (χ1n) is 5.90. The molecule has 0 unspecified atom stereocenters. The minimum absolute atomic E-state index is 0.783. The molecule has 2 rings (SSSR count). The van der Waals surface area contributed by atoms with Crippen molar-refractivity contribution in [2.75, 3.05) is 0 Å². The minimum atomic E-state index is 0.783. The van der Waals surface area contributed by atoms with Gasteiger partial charge in [-0.05, 0) is 39.7 Å². The lowest BCUT2D eigenvalue weighted by Crippen LogP contribution is -2.05. The highest BCUT2D eigenvalue weighted by Crippen LogP contribution is 2.17. The van der Waals surface area contributed by atoms with Gasteiger partial charge in [0.2, 0.25) is 0 Å². The van der Waals surface area contributed by atoms with Crippen LogP contribution < -0.4 is 0 Å². The van der Waals surface area contributed by atoms with E-state index >= 15 is 0 Å². The summed E-state index contributed by atoms with van der Waals surface area (Å²) in [4.78, 5) is 8.73. The maximum absolute atomic E-state index is 4.56. The standard InChI is InChI=1S/C13H18N4/c1-6-12-9(3)16-17(10(12)4)13-7-8(2)14-11(5)15-13/h7H,6H2,1-5H3. The first kappa shape index (κ1) is 11.8. The molecule has 2 aromatic rings. The van der Waals surface area contributed by atoms with Crippen molar-refractivity contribution in [1.29, 1.82) is 0 Å². The average molecular weight is 230 g/mol. The zero-order valence-corrected chi connectivity index (χ0v) is 11.1. The third-order valence-corrected chi connectivity index (χ3v) is 2.96. The van der Waals surface area contributed by atoms with E-state index in [1.54, 1.807) is 0 Å². The fraction of sp³-hybridized carbons (Fsp3) is 0.462. The Morgan fingerprint density at radius 3 is 2.35 bits per heavy atom. The van der Waals surface area contributed by atoms with Crippen LogP contribution in [-0.2, 0) is 6.42 Å². The second kappa shape index (κ2) is 4.28. The molecule has 0 N–H and O–H groups in total. The summed E-state index contributed by atoms with van der Waals surface area (Å²) in [7, 11) is 0. The van der Waals surface area contributed by atoms with Crippen LogP contribution in [-0.4, -0.2) is 19.7 Å². The van der Waals surface area contributed by atoms with E-state index in [4.69, 9.17) is 0 Å². The molecule has 0 saturated heterocycles. The Morgan fingerprint density at radius 1 is 1.12 bits per heavy atom. The van der Waals surface area contributed by atoms with E-state index in [1.807, 2.05) is 31.5 Å². The molecule has 0 aliphatic heterocycles. The molecule has 0 aromatic carbocycles. The number of hydrogen-bond acceptors (Lipinski definition) is 3. The Balaban J connectivity index is 2.60. The van der Waals surface area contributed by atoms with Crippen molar-refractivity contribution in [3.63, 3.8) is 0 Å². The first-order valence-corrected chi connectivity index (χ1v) is 5.90. The summed E-state index contributed by atoms with van der Waals surface area (Å²) in [5, 5.41) is 4.56. The van der Waals surface area contributed by atoms with Gasteiger partial charge in [-0.1, -0.05) is 6.92 Å². The van der Waals surface area contributed by atoms with Gasteiger partial charge in [0.15, 0.2) is 5.82 Å². The number of nitrogens with zero attached hydrogens (tertiary/aromatic N) is 4. The second-order valence-corrected chi connectivity index (χ2v) is 4.33. The quantitative estimate of drug-likeness (QED) is 0.796. The van der Waals surface area contributed by atoms with Gasteiger partial charge in [0, 0.05) is 17.5 Å². The summed E-state index contributed by atoms with van der Waals surface area (Å²) < 4.78 is 1.91. The Bertz CT molecular complexity index is 535. The van der Waals surface area contributed by atoms with Crippen molar-refractivity contribution in [2.45, 2.75) is 41.0 Å². The molecule has 0 saturated carbocycles. The fourth-order valence-electron chi connectivity index (χ4n) is 2.22. The molecule has 0 bridgehead atoms. The average Bonchev–Trinajstić information content (AvgIpc) is 2.52. The zero-order chi connectivity index (χ0) is 12.6. The van der Waals surface area contributed by atoms with Gasteiger partial charge in [0.25, 0.3) is 0 Å². The molecule has 2 aromatic heterocycles. The molecule has 0 fully saturated rings. The molecule has 4 nitrogen and oxygen atoms in total. The fourth-order valence-corrected chi connectivity index (χ4v) is 2.22. The maximum Gasteiger partial charge on any atom is 0.157 e. The van der Waals surface area contributed by atoms with Crippen molar-refractivity contribution in [3.8, 4) is 5.82 Å². The van der Waals surface area contributed by atoms with Crippen LogP contribution in [0.15, 0.2) is 6.07 Å². The Labute approximate surface area is 102 Å². The van der Waals surface area contributed by atoms with Gasteiger partial charge in [-0.15, -0.1) is 0 Å². The highest BCUT2D eigenvalue weighted by atomic mass is 15.3. The maximum atomic E-state index is 4.56. The molecule has 0 amide bonds. The van der Waals surface area contributed by atoms with E-state index in [9.17, 15) is 0 Å². The van der Waals surface area contributed by atoms with Gasteiger partial charge in [-0.2, -0.15) is 5.10 Å². The lowest BCUT2D eigenvalue weighted by atomic mass is 10.1. The van der Waals surface area contributed by atoms with E-state index in [-0.39, 0.29) is 0 Å².